The van der Waals surface area contributed by atoms with Crippen LogP contribution in [-0.2, 0) is 26.2 Å². The summed E-state index contributed by atoms with van der Waals surface area (Å²) in [7, 11) is -3.76. The summed E-state index contributed by atoms with van der Waals surface area (Å²) in [6.07, 6.45) is 1.04. The van der Waals surface area contributed by atoms with Crippen molar-refractivity contribution in [3.8, 4) is 0 Å². The third kappa shape index (κ3) is 6.85. The molecule has 0 aromatic heterocycles. The third-order valence-corrected chi connectivity index (χ3v) is 6.70. The van der Waals surface area contributed by atoms with Crippen molar-refractivity contribution in [3.63, 3.8) is 0 Å². The van der Waals surface area contributed by atoms with E-state index in [9.17, 15) is 18.0 Å². The summed E-state index contributed by atoms with van der Waals surface area (Å²) in [5, 5.41) is 3.39. The number of nitrogens with zero attached hydrogens (tertiary/aromatic N) is 2. The zero-order valence-corrected chi connectivity index (χ0v) is 20.8. The number of amides is 2. The zero-order valence-electron chi connectivity index (χ0n) is 18.4. The van der Waals surface area contributed by atoms with E-state index in [1.807, 2.05) is 13.0 Å². The molecule has 0 spiro atoms. The molecule has 0 fully saturated rings. The quantitative estimate of drug-likeness (QED) is 0.570. The maximum atomic E-state index is 13.3. The van der Waals surface area contributed by atoms with Crippen LogP contribution in [0.25, 0.3) is 0 Å². The van der Waals surface area contributed by atoms with Crippen LogP contribution in [0.4, 0.5) is 5.69 Å². The molecule has 0 saturated carbocycles. The lowest BCUT2D eigenvalue weighted by Crippen LogP contribution is -2.51. The number of anilines is 1. The van der Waals surface area contributed by atoms with E-state index in [1.165, 1.54) is 4.90 Å². The summed E-state index contributed by atoms with van der Waals surface area (Å²) in [5.41, 5.74) is 1.89. The molecule has 174 valence electrons. The predicted molar refractivity (Wildman–Crippen MR) is 129 cm³/mol. The first-order valence-electron chi connectivity index (χ1n) is 9.99. The van der Waals surface area contributed by atoms with E-state index in [1.54, 1.807) is 50.2 Å². The molecular weight excluding hydrogens is 473 g/mol. The maximum Gasteiger partial charge on any atom is 0.244 e. The van der Waals surface area contributed by atoms with Crippen LogP contribution < -0.4 is 9.62 Å². The molecule has 0 radical (unpaired) electrons. The Morgan fingerprint density at radius 1 is 1.09 bits per heavy atom. The number of carbonyl (C=O) groups is 2. The van der Waals surface area contributed by atoms with Crippen LogP contribution in [-0.4, -0.2) is 50.5 Å². The molecule has 2 aromatic carbocycles. The minimum absolute atomic E-state index is 0.0550. The predicted octanol–water partition coefficient (Wildman–Crippen LogP) is 3.62. The summed E-state index contributed by atoms with van der Waals surface area (Å²) < 4.78 is 26.0. The molecule has 10 heteroatoms. The van der Waals surface area contributed by atoms with Crippen molar-refractivity contribution >= 4 is 50.7 Å². The largest absolute Gasteiger partial charge is 0.355 e. The fraction of sp³-hybridized carbons (Fsp3) is 0.364. The zero-order chi connectivity index (χ0) is 24.1. The molecule has 2 amide bonds. The van der Waals surface area contributed by atoms with Gasteiger partial charge in [0, 0.05) is 13.1 Å². The van der Waals surface area contributed by atoms with Crippen LogP contribution >= 0.6 is 23.2 Å². The first-order chi connectivity index (χ1) is 14.9. The molecule has 0 heterocycles. The van der Waals surface area contributed by atoms with Gasteiger partial charge in [-0.2, -0.15) is 0 Å². The highest BCUT2D eigenvalue weighted by atomic mass is 35.5. The Morgan fingerprint density at radius 2 is 1.78 bits per heavy atom. The molecule has 0 bridgehead atoms. The van der Waals surface area contributed by atoms with Crippen molar-refractivity contribution in [2.75, 3.05) is 23.7 Å². The van der Waals surface area contributed by atoms with Gasteiger partial charge >= 0.3 is 0 Å². The van der Waals surface area contributed by atoms with Gasteiger partial charge in [0.15, 0.2) is 0 Å². The van der Waals surface area contributed by atoms with Crippen molar-refractivity contribution in [1.29, 1.82) is 0 Å². The lowest BCUT2D eigenvalue weighted by molar-refractivity contribution is -0.139. The van der Waals surface area contributed by atoms with Gasteiger partial charge in [0.1, 0.15) is 12.6 Å². The van der Waals surface area contributed by atoms with Crippen molar-refractivity contribution in [2.45, 2.75) is 33.4 Å². The van der Waals surface area contributed by atoms with E-state index in [0.717, 1.165) is 16.1 Å². The van der Waals surface area contributed by atoms with E-state index < -0.39 is 28.5 Å². The third-order valence-electron chi connectivity index (χ3n) is 4.82. The topological polar surface area (TPSA) is 86.8 Å². The normalized spacial score (nSPS) is 12.2. The number of carbonyl (C=O) groups excluding carboxylic acids is 2. The first-order valence-corrected chi connectivity index (χ1v) is 12.6. The van der Waals surface area contributed by atoms with Crippen molar-refractivity contribution in [3.05, 3.63) is 63.6 Å². The number of halogens is 2. The molecule has 32 heavy (non-hydrogen) atoms. The van der Waals surface area contributed by atoms with E-state index >= 15 is 0 Å². The summed E-state index contributed by atoms with van der Waals surface area (Å²) in [5.74, 6) is -0.871. The molecule has 1 atom stereocenters. The summed E-state index contributed by atoms with van der Waals surface area (Å²) in [6.45, 7) is 5.21. The van der Waals surface area contributed by atoms with E-state index in [-0.39, 0.29) is 12.5 Å². The van der Waals surface area contributed by atoms with Gasteiger partial charge in [0.25, 0.3) is 0 Å². The number of aryl methyl sites for hydroxylation is 1. The van der Waals surface area contributed by atoms with Gasteiger partial charge in [0.2, 0.25) is 21.8 Å². The highest BCUT2D eigenvalue weighted by Crippen LogP contribution is 2.24. The maximum absolute atomic E-state index is 13.3. The van der Waals surface area contributed by atoms with E-state index in [2.05, 4.69) is 5.32 Å². The minimum Gasteiger partial charge on any atom is -0.355 e. The molecule has 0 aliphatic rings. The molecule has 7 nitrogen and oxygen atoms in total. The Bertz CT molecular complexity index is 1090. The monoisotopic (exact) mass is 499 g/mol. The van der Waals surface area contributed by atoms with Gasteiger partial charge in [-0.25, -0.2) is 8.42 Å². The Labute approximate surface area is 199 Å². The van der Waals surface area contributed by atoms with E-state index in [4.69, 9.17) is 23.2 Å². The van der Waals surface area contributed by atoms with Gasteiger partial charge in [-0.05, 0) is 56.2 Å². The Morgan fingerprint density at radius 3 is 2.34 bits per heavy atom. The molecular formula is C22H27Cl2N3O4S. The Kier molecular flexibility index (Phi) is 8.95. The Hall–Kier alpha value is -2.29. The highest BCUT2D eigenvalue weighted by Gasteiger charge is 2.30. The SMILES string of the molecule is CCNC(=O)[C@@H](C)N(Cc1ccc(Cl)c(Cl)c1)C(=O)CN(c1cccc(C)c1)S(C)(=O)=O. The van der Waals surface area contributed by atoms with Crippen LogP contribution in [0.15, 0.2) is 42.5 Å². The van der Waals surface area contributed by atoms with Crippen LogP contribution in [0, 0.1) is 6.92 Å². The van der Waals surface area contributed by atoms with Crippen molar-refractivity contribution in [2.24, 2.45) is 0 Å². The van der Waals surface area contributed by atoms with Gasteiger partial charge in [-0.1, -0.05) is 41.4 Å². The van der Waals surface area contributed by atoms with Crippen LogP contribution in [0.1, 0.15) is 25.0 Å². The molecule has 2 rings (SSSR count). The van der Waals surface area contributed by atoms with Gasteiger partial charge < -0.3 is 10.2 Å². The fourth-order valence-electron chi connectivity index (χ4n) is 3.14. The summed E-state index contributed by atoms with van der Waals surface area (Å²) in [6, 6.07) is 10.9. The second-order valence-corrected chi connectivity index (χ2v) is 10.2. The fourth-order valence-corrected chi connectivity index (χ4v) is 4.30. The molecule has 0 aliphatic heterocycles. The lowest BCUT2D eigenvalue weighted by Gasteiger charge is -2.31. The first kappa shape index (κ1) is 26.0. The number of hydrogen-bond donors (Lipinski definition) is 1. The van der Waals surface area contributed by atoms with Crippen LogP contribution in [0.3, 0.4) is 0 Å². The number of sulfonamides is 1. The summed E-state index contributed by atoms with van der Waals surface area (Å²) >= 11 is 12.1. The van der Waals surface area contributed by atoms with Crippen molar-refractivity contribution < 1.29 is 18.0 Å². The summed E-state index contributed by atoms with van der Waals surface area (Å²) in [4.78, 5) is 27.2. The molecule has 0 saturated heterocycles. The molecule has 0 unspecified atom stereocenters. The van der Waals surface area contributed by atoms with Crippen molar-refractivity contribution in [1.82, 2.24) is 10.2 Å². The highest BCUT2D eigenvalue weighted by molar-refractivity contribution is 7.92. The number of nitrogens with one attached hydrogen (secondary N) is 1. The number of benzene rings is 2. The molecule has 2 aromatic rings. The van der Waals surface area contributed by atoms with Crippen LogP contribution in [0.2, 0.25) is 10.0 Å². The second kappa shape index (κ2) is 11.0. The average molecular weight is 500 g/mol. The van der Waals surface area contributed by atoms with E-state index in [0.29, 0.717) is 27.8 Å². The number of likely N-dealkylation sites (N-methyl/N-ethyl adjacent to an activating group) is 1. The smallest absolute Gasteiger partial charge is 0.244 e. The molecule has 0 aliphatic carbocycles. The minimum atomic E-state index is -3.76. The van der Waals surface area contributed by atoms with Gasteiger partial charge in [0.05, 0.1) is 22.0 Å². The number of rotatable bonds is 9. The lowest BCUT2D eigenvalue weighted by atomic mass is 10.1. The van der Waals surface area contributed by atoms with Gasteiger partial charge in [-0.3, -0.25) is 13.9 Å². The van der Waals surface area contributed by atoms with Gasteiger partial charge in [-0.15, -0.1) is 0 Å². The molecule has 1 N–H and O–H groups in total. The number of hydrogen-bond acceptors (Lipinski definition) is 4. The Balaban J connectivity index is 2.40. The average Bonchev–Trinajstić information content (AvgIpc) is 2.71. The van der Waals surface area contributed by atoms with Crippen LogP contribution in [0.5, 0.6) is 0 Å². The standard InChI is InChI=1S/C22H27Cl2N3O4S/c1-5-25-22(29)16(3)26(13-17-9-10-19(23)20(24)12-17)21(28)14-27(32(4,30)31)18-8-6-7-15(2)11-18/h6-12,16H,5,13-14H2,1-4H3,(H,25,29)/t16-/m1/s1. The second-order valence-electron chi connectivity index (χ2n) is 7.45.